The number of halogens is 1. The van der Waals surface area contributed by atoms with E-state index in [4.69, 9.17) is 4.74 Å². The topological polar surface area (TPSA) is 69.2 Å². The first-order valence-electron chi connectivity index (χ1n) is 9.85. The summed E-state index contributed by atoms with van der Waals surface area (Å²) in [7, 11) is 1.66. The molecule has 28 heavy (non-hydrogen) atoms. The molecule has 1 aliphatic heterocycles. The number of guanidine groups is 1. The number of nitrogens with one attached hydrogen (secondary N) is 2. The van der Waals surface area contributed by atoms with Crippen LogP contribution in [-0.2, 0) is 9.53 Å². The number of hydrogen-bond donors (Lipinski definition) is 2. The van der Waals surface area contributed by atoms with Gasteiger partial charge in [-0.3, -0.25) is 9.79 Å². The molecule has 7 nitrogen and oxygen atoms in total. The fraction of sp³-hybridized carbons (Fsp3) is 0.600. The largest absolute Gasteiger partial charge is 0.383 e. The van der Waals surface area contributed by atoms with Crippen LogP contribution in [0.15, 0.2) is 29.3 Å². The second kappa shape index (κ2) is 11.5. The summed E-state index contributed by atoms with van der Waals surface area (Å²) in [6.45, 7) is 8.63. The van der Waals surface area contributed by atoms with E-state index in [1.54, 1.807) is 19.2 Å². The number of piperazine rings is 1. The predicted octanol–water partition coefficient (Wildman–Crippen LogP) is 1.45. The average molecular weight is 394 g/mol. The van der Waals surface area contributed by atoms with Crippen molar-refractivity contribution in [3.8, 4) is 0 Å². The Balaban J connectivity index is 1.77. The van der Waals surface area contributed by atoms with Gasteiger partial charge in [-0.15, -0.1) is 0 Å². The van der Waals surface area contributed by atoms with Crippen molar-refractivity contribution in [2.24, 2.45) is 4.99 Å². The van der Waals surface area contributed by atoms with E-state index in [0.717, 1.165) is 25.3 Å². The van der Waals surface area contributed by atoms with Gasteiger partial charge in [-0.2, -0.15) is 0 Å². The van der Waals surface area contributed by atoms with Crippen molar-refractivity contribution in [3.05, 3.63) is 30.1 Å². The maximum Gasteiger partial charge on any atom is 0.224 e. The zero-order valence-corrected chi connectivity index (χ0v) is 17.1. The van der Waals surface area contributed by atoms with Crippen LogP contribution in [0.3, 0.4) is 0 Å². The van der Waals surface area contributed by atoms with Gasteiger partial charge in [-0.25, -0.2) is 4.39 Å². The molecule has 1 saturated heterocycles. The Kier molecular flexibility index (Phi) is 9.00. The van der Waals surface area contributed by atoms with Gasteiger partial charge in [0, 0.05) is 58.0 Å². The van der Waals surface area contributed by atoms with E-state index in [1.807, 2.05) is 18.7 Å². The van der Waals surface area contributed by atoms with E-state index >= 15 is 0 Å². The molecule has 8 heteroatoms. The van der Waals surface area contributed by atoms with Gasteiger partial charge in [-0.05, 0) is 38.1 Å². The van der Waals surface area contributed by atoms with Crippen LogP contribution in [0, 0.1) is 5.82 Å². The molecule has 1 aromatic carbocycles. The van der Waals surface area contributed by atoms with Crippen molar-refractivity contribution in [1.82, 2.24) is 15.5 Å². The minimum atomic E-state index is -0.235. The fourth-order valence-corrected chi connectivity index (χ4v) is 3.13. The lowest BCUT2D eigenvalue weighted by Crippen LogP contribution is -2.49. The first kappa shape index (κ1) is 21.9. The Morgan fingerprint density at radius 3 is 2.54 bits per heavy atom. The van der Waals surface area contributed by atoms with Crippen molar-refractivity contribution < 1.29 is 13.9 Å². The zero-order valence-electron chi connectivity index (χ0n) is 17.1. The first-order valence-corrected chi connectivity index (χ1v) is 9.85. The van der Waals surface area contributed by atoms with E-state index in [1.165, 1.54) is 12.1 Å². The smallest absolute Gasteiger partial charge is 0.224 e. The quantitative estimate of drug-likeness (QED) is 0.517. The number of amides is 1. The lowest BCUT2D eigenvalue weighted by atomic mass is 10.2. The SMILES string of the molecule is CCNC(=NCCC(=O)N1CCN(c2ccc(F)cc2)CC1)NC(C)COC. The Morgan fingerprint density at radius 2 is 1.93 bits per heavy atom. The van der Waals surface area contributed by atoms with Gasteiger partial charge in [0.2, 0.25) is 5.91 Å². The number of carbonyl (C=O) groups is 1. The standard InChI is InChI=1S/C20H32FN5O2/c1-4-22-20(24-16(2)15-28-3)23-10-9-19(27)26-13-11-25(12-14-26)18-7-5-17(21)6-8-18/h5-8,16H,4,9-15H2,1-3H3,(H2,22,23,24). The Bertz CT molecular complexity index is 630. The normalized spacial score (nSPS) is 16.1. The summed E-state index contributed by atoms with van der Waals surface area (Å²) in [5.41, 5.74) is 0.990. The highest BCUT2D eigenvalue weighted by molar-refractivity contribution is 5.81. The molecule has 0 bridgehead atoms. The van der Waals surface area contributed by atoms with Crippen LogP contribution in [0.2, 0.25) is 0 Å². The molecule has 1 amide bonds. The Hall–Kier alpha value is -2.35. The predicted molar refractivity (Wildman–Crippen MR) is 110 cm³/mol. The van der Waals surface area contributed by atoms with Crippen LogP contribution in [0.25, 0.3) is 0 Å². The molecule has 0 aliphatic carbocycles. The molecule has 1 unspecified atom stereocenters. The van der Waals surface area contributed by atoms with Crippen LogP contribution in [0.4, 0.5) is 10.1 Å². The van der Waals surface area contributed by atoms with E-state index in [9.17, 15) is 9.18 Å². The second-order valence-electron chi connectivity index (χ2n) is 6.86. The molecule has 2 rings (SSSR count). The summed E-state index contributed by atoms with van der Waals surface area (Å²) in [6.07, 6.45) is 0.381. The monoisotopic (exact) mass is 393 g/mol. The zero-order chi connectivity index (χ0) is 20.4. The Morgan fingerprint density at radius 1 is 1.25 bits per heavy atom. The summed E-state index contributed by atoms with van der Waals surface area (Å²) in [6, 6.07) is 6.63. The molecule has 1 fully saturated rings. The molecule has 1 heterocycles. The number of aliphatic imine (C=N–C) groups is 1. The van der Waals surface area contributed by atoms with Crippen LogP contribution in [0.5, 0.6) is 0 Å². The molecule has 0 radical (unpaired) electrons. The third kappa shape index (κ3) is 6.99. The maximum atomic E-state index is 13.1. The summed E-state index contributed by atoms with van der Waals surface area (Å²) in [5.74, 6) is 0.574. The molecule has 0 aromatic heterocycles. The highest BCUT2D eigenvalue weighted by Crippen LogP contribution is 2.17. The first-order chi connectivity index (χ1) is 13.5. The molecular weight excluding hydrogens is 361 g/mol. The van der Waals surface area contributed by atoms with Crippen molar-refractivity contribution in [2.75, 3.05) is 57.9 Å². The molecule has 1 atom stereocenters. The van der Waals surface area contributed by atoms with Crippen molar-refractivity contribution in [3.63, 3.8) is 0 Å². The van der Waals surface area contributed by atoms with E-state index < -0.39 is 0 Å². The van der Waals surface area contributed by atoms with Gasteiger partial charge < -0.3 is 25.2 Å². The number of carbonyl (C=O) groups excluding carboxylic acids is 1. The van der Waals surface area contributed by atoms with Crippen molar-refractivity contribution in [1.29, 1.82) is 0 Å². The van der Waals surface area contributed by atoms with Gasteiger partial charge in [-0.1, -0.05) is 0 Å². The van der Waals surface area contributed by atoms with E-state index in [-0.39, 0.29) is 17.8 Å². The number of rotatable bonds is 8. The number of nitrogens with zero attached hydrogens (tertiary/aromatic N) is 3. The minimum Gasteiger partial charge on any atom is -0.383 e. The average Bonchev–Trinajstić information content (AvgIpc) is 2.69. The summed E-state index contributed by atoms with van der Waals surface area (Å²) >= 11 is 0. The number of benzene rings is 1. The molecule has 1 aliphatic rings. The van der Waals surface area contributed by atoms with Crippen LogP contribution in [-0.4, -0.2) is 75.8 Å². The number of methoxy groups -OCH3 is 1. The molecule has 0 spiro atoms. The molecule has 156 valence electrons. The Labute approximate surface area is 166 Å². The number of hydrogen-bond acceptors (Lipinski definition) is 4. The third-order valence-corrected chi connectivity index (χ3v) is 4.56. The van der Waals surface area contributed by atoms with E-state index in [2.05, 4.69) is 20.5 Å². The molecule has 1 aromatic rings. The maximum absolute atomic E-state index is 13.1. The lowest BCUT2D eigenvalue weighted by molar-refractivity contribution is -0.131. The van der Waals surface area contributed by atoms with Crippen LogP contribution >= 0.6 is 0 Å². The highest BCUT2D eigenvalue weighted by Gasteiger charge is 2.21. The van der Waals surface area contributed by atoms with Crippen molar-refractivity contribution >= 4 is 17.6 Å². The molecule has 2 N–H and O–H groups in total. The fourth-order valence-electron chi connectivity index (χ4n) is 3.13. The highest BCUT2D eigenvalue weighted by atomic mass is 19.1. The number of anilines is 1. The van der Waals surface area contributed by atoms with Crippen molar-refractivity contribution in [2.45, 2.75) is 26.3 Å². The van der Waals surface area contributed by atoms with Gasteiger partial charge >= 0.3 is 0 Å². The number of ether oxygens (including phenoxy) is 1. The van der Waals surface area contributed by atoms with E-state index in [0.29, 0.717) is 38.6 Å². The summed E-state index contributed by atoms with van der Waals surface area (Å²) in [4.78, 5) is 21.0. The molecular formula is C20H32FN5O2. The van der Waals surface area contributed by atoms with Gasteiger partial charge in [0.1, 0.15) is 5.82 Å². The van der Waals surface area contributed by atoms with Gasteiger partial charge in [0.15, 0.2) is 5.96 Å². The van der Waals surface area contributed by atoms with Gasteiger partial charge in [0.25, 0.3) is 0 Å². The molecule has 0 saturated carbocycles. The van der Waals surface area contributed by atoms with Gasteiger partial charge in [0.05, 0.1) is 13.2 Å². The minimum absolute atomic E-state index is 0.114. The van der Waals surface area contributed by atoms with Crippen LogP contribution < -0.4 is 15.5 Å². The lowest BCUT2D eigenvalue weighted by Gasteiger charge is -2.36. The summed E-state index contributed by atoms with van der Waals surface area (Å²) < 4.78 is 18.2. The van der Waals surface area contributed by atoms with Crippen LogP contribution in [0.1, 0.15) is 20.3 Å². The third-order valence-electron chi connectivity index (χ3n) is 4.56. The summed E-state index contributed by atoms with van der Waals surface area (Å²) in [5, 5.41) is 6.43. The second-order valence-corrected chi connectivity index (χ2v) is 6.86.